The number of ether oxygens (including phenoxy) is 2. The van der Waals surface area contributed by atoms with Crippen molar-refractivity contribution >= 4 is 5.97 Å². The van der Waals surface area contributed by atoms with Gasteiger partial charge in [-0.25, -0.2) is 9.68 Å². The third kappa shape index (κ3) is 1.50. The van der Waals surface area contributed by atoms with Gasteiger partial charge in [0, 0.05) is 12.0 Å². The van der Waals surface area contributed by atoms with Crippen molar-refractivity contribution in [2.75, 3.05) is 0 Å². The van der Waals surface area contributed by atoms with Crippen LogP contribution >= 0.6 is 0 Å². The lowest BCUT2D eigenvalue weighted by molar-refractivity contribution is -0.345. The number of esters is 1. The molecule has 2 heterocycles. The lowest BCUT2D eigenvalue weighted by Crippen LogP contribution is -2.57. The van der Waals surface area contributed by atoms with E-state index < -0.39 is 59.0 Å². The van der Waals surface area contributed by atoms with Crippen LogP contribution in [0.15, 0.2) is 12.2 Å². The number of epoxide rings is 1. The maximum Gasteiger partial charge on any atom is 0.334 e. The van der Waals surface area contributed by atoms with Crippen molar-refractivity contribution in [2.45, 2.75) is 61.5 Å². The highest BCUT2D eigenvalue weighted by molar-refractivity contribution is 5.91. The van der Waals surface area contributed by atoms with Gasteiger partial charge in [-0.3, -0.25) is 5.26 Å². The van der Waals surface area contributed by atoms with Crippen molar-refractivity contribution in [2.24, 2.45) is 11.8 Å². The second-order valence-corrected chi connectivity index (χ2v) is 7.49. The van der Waals surface area contributed by atoms with Crippen LogP contribution in [0.1, 0.15) is 20.3 Å². The standard InChI is InChI=1S/C15H20O8/c1-5-7-6(16)4-13(2,23-20)15-9(8(7)21-12(5)18)14(3,19)10(17)11(15)22-15/h6-11,16-17,19-20H,1,4H2,2-3H3/t6-,7-,8+,9+,10+,11-,13-,14+,15+/m1/s1. The van der Waals surface area contributed by atoms with Gasteiger partial charge in [0.25, 0.3) is 0 Å². The molecule has 4 aliphatic rings. The molecule has 23 heavy (non-hydrogen) atoms. The van der Waals surface area contributed by atoms with Gasteiger partial charge < -0.3 is 24.8 Å². The minimum atomic E-state index is -1.64. The zero-order valence-electron chi connectivity index (χ0n) is 12.8. The van der Waals surface area contributed by atoms with E-state index in [9.17, 15) is 25.4 Å². The Kier molecular flexibility index (Phi) is 2.79. The van der Waals surface area contributed by atoms with Crippen LogP contribution in [0.25, 0.3) is 0 Å². The molecule has 0 unspecified atom stereocenters. The molecule has 1 spiro atoms. The number of hydrogen-bond donors (Lipinski definition) is 4. The average Bonchev–Trinajstić information content (AvgIpc) is 3.11. The predicted molar refractivity (Wildman–Crippen MR) is 73.0 cm³/mol. The van der Waals surface area contributed by atoms with Gasteiger partial charge >= 0.3 is 5.97 Å². The van der Waals surface area contributed by atoms with E-state index in [-0.39, 0.29) is 12.0 Å². The summed E-state index contributed by atoms with van der Waals surface area (Å²) in [6.07, 6.45) is -4.06. The van der Waals surface area contributed by atoms with Crippen LogP contribution in [0.5, 0.6) is 0 Å². The molecule has 8 heteroatoms. The first-order valence-corrected chi connectivity index (χ1v) is 7.60. The summed E-state index contributed by atoms with van der Waals surface area (Å²) < 4.78 is 11.0. The topological polar surface area (TPSA) is 129 Å². The van der Waals surface area contributed by atoms with Gasteiger partial charge in [-0.15, -0.1) is 0 Å². The first-order chi connectivity index (χ1) is 10.6. The molecule has 2 saturated heterocycles. The molecule has 2 aliphatic heterocycles. The fourth-order valence-electron chi connectivity index (χ4n) is 5.11. The van der Waals surface area contributed by atoms with Gasteiger partial charge in [-0.05, 0) is 13.8 Å². The van der Waals surface area contributed by atoms with Crippen molar-refractivity contribution in [3.8, 4) is 0 Å². The van der Waals surface area contributed by atoms with Crippen molar-refractivity contribution in [3.05, 3.63) is 12.2 Å². The van der Waals surface area contributed by atoms with E-state index in [1.54, 1.807) is 6.92 Å². The minimum Gasteiger partial charge on any atom is -0.458 e. The van der Waals surface area contributed by atoms with Gasteiger partial charge in [0.2, 0.25) is 0 Å². The summed E-state index contributed by atoms with van der Waals surface area (Å²) in [5.41, 5.74) is -4.16. The first-order valence-electron chi connectivity index (χ1n) is 7.60. The lowest BCUT2D eigenvalue weighted by atomic mass is 9.73. The van der Waals surface area contributed by atoms with Crippen LogP contribution in [0.4, 0.5) is 0 Å². The Morgan fingerprint density at radius 1 is 1.35 bits per heavy atom. The largest absolute Gasteiger partial charge is 0.458 e. The molecule has 4 N–H and O–H groups in total. The Hall–Kier alpha value is -1.03. The van der Waals surface area contributed by atoms with E-state index in [0.717, 1.165) is 0 Å². The smallest absolute Gasteiger partial charge is 0.334 e. The Morgan fingerprint density at radius 3 is 2.61 bits per heavy atom. The van der Waals surface area contributed by atoms with E-state index in [4.69, 9.17) is 9.47 Å². The summed E-state index contributed by atoms with van der Waals surface area (Å²) >= 11 is 0. The Bertz CT molecular complexity index is 602. The van der Waals surface area contributed by atoms with Gasteiger partial charge in [0.15, 0.2) is 0 Å². The fourth-order valence-corrected chi connectivity index (χ4v) is 5.11. The molecule has 4 rings (SSSR count). The van der Waals surface area contributed by atoms with Crippen LogP contribution in [0.3, 0.4) is 0 Å². The number of hydrogen-bond acceptors (Lipinski definition) is 8. The minimum absolute atomic E-state index is 0.0594. The molecular weight excluding hydrogens is 308 g/mol. The third-order valence-corrected chi connectivity index (χ3v) is 6.30. The third-order valence-electron chi connectivity index (χ3n) is 6.30. The second-order valence-electron chi connectivity index (χ2n) is 7.49. The quantitative estimate of drug-likeness (QED) is 0.158. The molecule has 128 valence electrons. The van der Waals surface area contributed by atoms with Crippen LogP contribution in [-0.4, -0.2) is 67.8 Å². The summed E-state index contributed by atoms with van der Waals surface area (Å²) in [4.78, 5) is 16.6. The second kappa shape index (κ2) is 4.14. The molecule has 0 aromatic rings. The maximum absolute atomic E-state index is 11.9. The highest BCUT2D eigenvalue weighted by Crippen LogP contribution is 2.68. The SMILES string of the molecule is C=C1C(=O)O[C@H]2[C@H]1[C@H](O)C[C@@](C)(OO)[C@@]13O[C@@H]1[C@H](O)[C@@](C)(O)[C@H]23. The van der Waals surface area contributed by atoms with Crippen molar-refractivity contribution in [1.82, 2.24) is 0 Å². The van der Waals surface area contributed by atoms with E-state index in [2.05, 4.69) is 11.5 Å². The Labute approximate surface area is 132 Å². The van der Waals surface area contributed by atoms with Gasteiger partial charge in [-0.2, -0.15) is 0 Å². The summed E-state index contributed by atoms with van der Waals surface area (Å²) in [6, 6.07) is 0. The molecule has 2 aliphatic carbocycles. The molecule has 0 aromatic carbocycles. The molecule has 0 bridgehead atoms. The summed E-state index contributed by atoms with van der Waals surface area (Å²) in [7, 11) is 0. The molecule has 0 radical (unpaired) electrons. The highest BCUT2D eigenvalue weighted by Gasteiger charge is 2.87. The lowest BCUT2D eigenvalue weighted by Gasteiger charge is -2.40. The number of aliphatic hydroxyl groups excluding tert-OH is 2. The van der Waals surface area contributed by atoms with Crippen molar-refractivity contribution < 1.29 is 39.7 Å². The maximum atomic E-state index is 11.9. The van der Waals surface area contributed by atoms with E-state index in [0.29, 0.717) is 0 Å². The van der Waals surface area contributed by atoms with Gasteiger partial charge in [0.05, 0.1) is 23.5 Å². The number of fused-ring (bicyclic) bond motifs is 2. The molecule has 0 amide bonds. The Morgan fingerprint density at radius 2 is 2.00 bits per heavy atom. The molecule has 9 atom stereocenters. The number of carbonyl (C=O) groups excluding carboxylic acids is 1. The fraction of sp³-hybridized carbons (Fsp3) is 0.800. The van der Waals surface area contributed by atoms with Gasteiger partial charge in [-0.1, -0.05) is 6.58 Å². The van der Waals surface area contributed by atoms with E-state index in [1.165, 1.54) is 6.92 Å². The first kappa shape index (κ1) is 15.5. The molecule has 2 saturated carbocycles. The van der Waals surface area contributed by atoms with Crippen molar-refractivity contribution in [1.29, 1.82) is 0 Å². The van der Waals surface area contributed by atoms with Crippen LogP contribution in [-0.2, 0) is 19.2 Å². The van der Waals surface area contributed by atoms with Gasteiger partial charge in [0.1, 0.15) is 29.5 Å². The molecule has 0 aromatic heterocycles. The zero-order valence-corrected chi connectivity index (χ0v) is 12.8. The van der Waals surface area contributed by atoms with Crippen LogP contribution in [0.2, 0.25) is 0 Å². The zero-order chi connectivity index (χ0) is 16.9. The Balaban J connectivity index is 1.90. The van der Waals surface area contributed by atoms with Crippen molar-refractivity contribution in [3.63, 3.8) is 0 Å². The van der Waals surface area contributed by atoms with Crippen LogP contribution < -0.4 is 0 Å². The monoisotopic (exact) mass is 328 g/mol. The highest BCUT2D eigenvalue weighted by atomic mass is 17.1. The predicted octanol–water partition coefficient (Wildman–Crippen LogP) is -1.02. The average molecular weight is 328 g/mol. The molecule has 4 fully saturated rings. The summed E-state index contributed by atoms with van der Waals surface area (Å²) in [5, 5.41) is 41.3. The van der Waals surface area contributed by atoms with E-state index in [1.807, 2.05) is 0 Å². The number of aliphatic hydroxyl groups is 3. The van der Waals surface area contributed by atoms with Crippen LogP contribution in [0, 0.1) is 11.8 Å². The number of rotatable bonds is 1. The number of carbonyl (C=O) groups is 1. The molecule has 8 nitrogen and oxygen atoms in total. The molecular formula is C15H20O8. The summed E-state index contributed by atoms with van der Waals surface area (Å²) in [5.74, 6) is -2.28. The normalized spacial score (nSPS) is 60.6. The van der Waals surface area contributed by atoms with E-state index >= 15 is 0 Å². The summed E-state index contributed by atoms with van der Waals surface area (Å²) in [6.45, 7) is 6.66.